The second-order valence-corrected chi connectivity index (χ2v) is 7.01. The molecular formula is C19H21FN2O2S. The molecule has 3 rings (SSSR count). The van der Waals surface area contributed by atoms with Crippen LogP contribution in [-0.2, 0) is 11.3 Å². The predicted molar refractivity (Wildman–Crippen MR) is 99.7 cm³/mol. The van der Waals surface area contributed by atoms with Gasteiger partial charge in [0.05, 0.1) is 0 Å². The molecule has 2 aromatic rings. The van der Waals surface area contributed by atoms with E-state index in [0.29, 0.717) is 12.3 Å². The van der Waals surface area contributed by atoms with Crippen LogP contribution in [0, 0.1) is 5.82 Å². The van der Waals surface area contributed by atoms with Gasteiger partial charge in [-0.25, -0.2) is 4.39 Å². The number of hydrogen-bond acceptors (Lipinski definition) is 4. The van der Waals surface area contributed by atoms with Gasteiger partial charge in [0.25, 0.3) is 5.91 Å². The number of anilines is 1. The number of carbonyl (C=O) groups excluding carboxylic acids is 1. The summed E-state index contributed by atoms with van der Waals surface area (Å²) in [5.74, 6) is 2.28. The Balaban J connectivity index is 1.43. The monoisotopic (exact) mass is 360 g/mol. The second-order valence-electron chi connectivity index (χ2n) is 5.79. The zero-order valence-electron chi connectivity index (χ0n) is 13.9. The highest BCUT2D eigenvalue weighted by Gasteiger charge is 2.11. The SMILES string of the molecule is O=C(COc1ccc(F)cc1)NCc1ccc(N2CCSCC2)cc1. The maximum Gasteiger partial charge on any atom is 0.258 e. The van der Waals surface area contributed by atoms with Gasteiger partial charge in [0, 0.05) is 36.8 Å². The van der Waals surface area contributed by atoms with Crippen LogP contribution in [0.4, 0.5) is 10.1 Å². The van der Waals surface area contributed by atoms with E-state index in [1.54, 1.807) is 0 Å². The molecule has 1 amide bonds. The largest absolute Gasteiger partial charge is 0.484 e. The van der Waals surface area contributed by atoms with Gasteiger partial charge in [0.15, 0.2) is 6.61 Å². The van der Waals surface area contributed by atoms with Crippen molar-refractivity contribution < 1.29 is 13.9 Å². The normalized spacial score (nSPS) is 14.2. The summed E-state index contributed by atoms with van der Waals surface area (Å²) < 4.78 is 18.1. The van der Waals surface area contributed by atoms with Crippen LogP contribution in [-0.4, -0.2) is 37.1 Å². The van der Waals surface area contributed by atoms with E-state index in [1.165, 1.54) is 41.5 Å². The van der Waals surface area contributed by atoms with Gasteiger partial charge in [-0.3, -0.25) is 4.79 Å². The fraction of sp³-hybridized carbons (Fsp3) is 0.316. The van der Waals surface area contributed by atoms with E-state index in [4.69, 9.17) is 4.74 Å². The quantitative estimate of drug-likeness (QED) is 0.860. The minimum atomic E-state index is -0.330. The number of ether oxygens (including phenoxy) is 1. The molecule has 1 aliphatic heterocycles. The van der Waals surface area contributed by atoms with Gasteiger partial charge in [0.2, 0.25) is 0 Å². The number of halogens is 1. The van der Waals surface area contributed by atoms with Crippen molar-refractivity contribution in [1.29, 1.82) is 0 Å². The van der Waals surface area contributed by atoms with Crippen LogP contribution in [0.3, 0.4) is 0 Å². The number of hydrogen-bond donors (Lipinski definition) is 1. The third-order valence-electron chi connectivity index (χ3n) is 3.99. The lowest BCUT2D eigenvalue weighted by Gasteiger charge is -2.28. The third kappa shape index (κ3) is 5.39. The van der Waals surface area contributed by atoms with E-state index in [9.17, 15) is 9.18 Å². The van der Waals surface area contributed by atoms with Gasteiger partial charge in [-0.05, 0) is 42.0 Å². The number of thioether (sulfide) groups is 1. The number of rotatable bonds is 6. The molecule has 0 spiro atoms. The zero-order chi connectivity index (χ0) is 17.5. The van der Waals surface area contributed by atoms with Crippen LogP contribution in [0.15, 0.2) is 48.5 Å². The van der Waals surface area contributed by atoms with E-state index >= 15 is 0 Å². The molecule has 0 unspecified atom stereocenters. The zero-order valence-corrected chi connectivity index (χ0v) is 14.7. The van der Waals surface area contributed by atoms with Gasteiger partial charge >= 0.3 is 0 Å². The summed E-state index contributed by atoms with van der Waals surface area (Å²) in [6, 6.07) is 13.9. The smallest absolute Gasteiger partial charge is 0.258 e. The highest BCUT2D eigenvalue weighted by atomic mass is 32.2. The lowest BCUT2D eigenvalue weighted by atomic mass is 10.2. The van der Waals surface area contributed by atoms with Crippen molar-refractivity contribution in [1.82, 2.24) is 5.32 Å². The predicted octanol–water partition coefficient (Wildman–Crippen LogP) is 3.07. The van der Waals surface area contributed by atoms with Gasteiger partial charge in [-0.1, -0.05) is 12.1 Å². The summed E-state index contributed by atoms with van der Waals surface area (Å²) in [6.07, 6.45) is 0. The van der Waals surface area contributed by atoms with E-state index in [-0.39, 0.29) is 18.3 Å². The Morgan fingerprint density at radius 3 is 2.44 bits per heavy atom. The molecular weight excluding hydrogens is 339 g/mol. The maximum atomic E-state index is 12.8. The van der Waals surface area contributed by atoms with Crippen molar-refractivity contribution in [2.24, 2.45) is 0 Å². The summed E-state index contributed by atoms with van der Waals surface area (Å²) >= 11 is 1.99. The average molecular weight is 360 g/mol. The second kappa shape index (κ2) is 8.76. The number of nitrogens with zero attached hydrogens (tertiary/aromatic N) is 1. The first-order valence-corrected chi connectivity index (χ1v) is 9.43. The lowest BCUT2D eigenvalue weighted by molar-refractivity contribution is -0.123. The first-order chi connectivity index (χ1) is 12.2. The Hall–Kier alpha value is -2.21. The van der Waals surface area contributed by atoms with Crippen molar-refractivity contribution in [2.45, 2.75) is 6.54 Å². The molecule has 0 aromatic heterocycles. The van der Waals surface area contributed by atoms with E-state index in [1.807, 2.05) is 23.9 Å². The van der Waals surface area contributed by atoms with Crippen LogP contribution >= 0.6 is 11.8 Å². The average Bonchev–Trinajstić information content (AvgIpc) is 2.67. The van der Waals surface area contributed by atoms with E-state index < -0.39 is 0 Å². The molecule has 6 heteroatoms. The summed E-state index contributed by atoms with van der Waals surface area (Å²) in [7, 11) is 0. The first-order valence-electron chi connectivity index (χ1n) is 8.27. The molecule has 0 saturated carbocycles. The van der Waals surface area contributed by atoms with Crippen LogP contribution < -0.4 is 15.0 Å². The first kappa shape index (κ1) is 17.6. The summed E-state index contributed by atoms with van der Waals surface area (Å²) in [5.41, 5.74) is 2.28. The number of amides is 1. The van der Waals surface area contributed by atoms with Crippen LogP contribution in [0.5, 0.6) is 5.75 Å². The van der Waals surface area contributed by atoms with Crippen molar-refractivity contribution in [3.8, 4) is 5.75 Å². The minimum Gasteiger partial charge on any atom is -0.484 e. The van der Waals surface area contributed by atoms with E-state index in [2.05, 4.69) is 22.3 Å². The van der Waals surface area contributed by atoms with Crippen LogP contribution in [0.2, 0.25) is 0 Å². The highest BCUT2D eigenvalue weighted by molar-refractivity contribution is 7.99. The molecule has 0 radical (unpaired) electrons. The van der Waals surface area contributed by atoms with Crippen molar-refractivity contribution in [3.05, 3.63) is 59.9 Å². The van der Waals surface area contributed by atoms with Crippen molar-refractivity contribution in [3.63, 3.8) is 0 Å². The van der Waals surface area contributed by atoms with Gasteiger partial charge < -0.3 is 15.0 Å². The van der Waals surface area contributed by atoms with Crippen molar-refractivity contribution >= 4 is 23.4 Å². The Labute approximate surface area is 151 Å². The molecule has 132 valence electrons. The number of nitrogens with one attached hydrogen (secondary N) is 1. The molecule has 0 aliphatic carbocycles. The van der Waals surface area contributed by atoms with Gasteiger partial charge in [-0.15, -0.1) is 0 Å². The summed E-state index contributed by atoms with van der Waals surface area (Å²) in [5, 5.41) is 2.82. The Morgan fingerprint density at radius 2 is 1.76 bits per heavy atom. The summed E-state index contributed by atoms with van der Waals surface area (Å²) in [4.78, 5) is 14.2. The minimum absolute atomic E-state index is 0.0881. The molecule has 0 atom stereocenters. The molecule has 1 heterocycles. The van der Waals surface area contributed by atoms with Crippen molar-refractivity contribution in [2.75, 3.05) is 36.1 Å². The molecule has 1 N–H and O–H groups in total. The van der Waals surface area contributed by atoms with E-state index in [0.717, 1.165) is 18.7 Å². The Morgan fingerprint density at radius 1 is 1.08 bits per heavy atom. The van der Waals surface area contributed by atoms with Gasteiger partial charge in [0.1, 0.15) is 11.6 Å². The molecule has 4 nitrogen and oxygen atoms in total. The fourth-order valence-corrected chi connectivity index (χ4v) is 3.48. The topological polar surface area (TPSA) is 41.6 Å². The number of carbonyl (C=O) groups is 1. The molecule has 1 saturated heterocycles. The fourth-order valence-electron chi connectivity index (χ4n) is 2.58. The van der Waals surface area contributed by atoms with Crippen LogP contribution in [0.25, 0.3) is 0 Å². The number of benzene rings is 2. The summed E-state index contributed by atoms with van der Waals surface area (Å²) in [6.45, 7) is 2.54. The molecule has 1 aliphatic rings. The Bertz CT molecular complexity index is 686. The molecule has 2 aromatic carbocycles. The third-order valence-corrected chi connectivity index (χ3v) is 4.93. The molecule has 0 bridgehead atoms. The highest BCUT2D eigenvalue weighted by Crippen LogP contribution is 2.19. The Kier molecular flexibility index (Phi) is 6.17. The lowest BCUT2D eigenvalue weighted by Crippen LogP contribution is -2.32. The maximum absolute atomic E-state index is 12.8. The van der Waals surface area contributed by atoms with Gasteiger partial charge in [-0.2, -0.15) is 11.8 Å². The molecule has 25 heavy (non-hydrogen) atoms. The van der Waals surface area contributed by atoms with Crippen LogP contribution in [0.1, 0.15) is 5.56 Å². The standard InChI is InChI=1S/C19H21FN2O2S/c20-16-3-7-18(8-4-16)24-14-19(23)21-13-15-1-5-17(6-2-15)22-9-11-25-12-10-22/h1-8H,9-14H2,(H,21,23). The molecule has 1 fully saturated rings.